The monoisotopic (exact) mass is 265 g/mol. The van der Waals surface area contributed by atoms with E-state index in [4.69, 9.17) is 16.0 Å². The first-order chi connectivity index (χ1) is 8.56. The molecule has 1 aromatic carbocycles. The predicted octanol–water partition coefficient (Wildman–Crippen LogP) is 2.21. The summed E-state index contributed by atoms with van der Waals surface area (Å²) in [6, 6.07) is 5.28. The number of fused-ring (bicyclic) bond motifs is 1. The second-order valence-electron chi connectivity index (χ2n) is 4.56. The first-order valence-corrected chi connectivity index (χ1v) is 6.10. The summed E-state index contributed by atoms with van der Waals surface area (Å²) in [5.74, 6) is 0.157. The van der Waals surface area contributed by atoms with Crippen molar-refractivity contribution in [3.63, 3.8) is 0 Å². The lowest BCUT2D eigenvalue weighted by molar-refractivity contribution is 0.00399. The van der Waals surface area contributed by atoms with Gasteiger partial charge in [-0.1, -0.05) is 11.6 Å². The van der Waals surface area contributed by atoms with Gasteiger partial charge >= 0.3 is 0 Å². The van der Waals surface area contributed by atoms with Gasteiger partial charge in [-0.15, -0.1) is 0 Å². The van der Waals surface area contributed by atoms with E-state index in [-0.39, 0.29) is 5.91 Å². The third-order valence-corrected chi connectivity index (χ3v) is 3.48. The van der Waals surface area contributed by atoms with E-state index >= 15 is 0 Å². The minimum atomic E-state index is -0.409. The van der Waals surface area contributed by atoms with Crippen molar-refractivity contribution >= 4 is 28.5 Å². The third-order valence-electron chi connectivity index (χ3n) is 3.24. The molecule has 0 atom stereocenters. The fourth-order valence-corrected chi connectivity index (χ4v) is 2.33. The number of halogens is 1. The van der Waals surface area contributed by atoms with Crippen LogP contribution >= 0.6 is 11.6 Å². The largest absolute Gasteiger partial charge is 0.451 e. The van der Waals surface area contributed by atoms with Gasteiger partial charge in [0, 0.05) is 29.1 Å². The highest BCUT2D eigenvalue weighted by Gasteiger charge is 2.32. The van der Waals surface area contributed by atoms with Crippen LogP contribution in [0, 0.1) is 6.92 Å². The van der Waals surface area contributed by atoms with Gasteiger partial charge in [0.25, 0.3) is 5.91 Å². The van der Waals surface area contributed by atoms with Gasteiger partial charge in [0.05, 0.1) is 6.10 Å². The van der Waals surface area contributed by atoms with Gasteiger partial charge in [0.15, 0.2) is 5.76 Å². The molecule has 1 aliphatic heterocycles. The molecule has 1 aromatic heterocycles. The molecule has 0 bridgehead atoms. The van der Waals surface area contributed by atoms with E-state index < -0.39 is 6.10 Å². The van der Waals surface area contributed by atoms with Crippen molar-refractivity contribution in [3.05, 3.63) is 34.5 Å². The number of β-amino-alcohol motifs (C(OH)–C–C–N with tert-alkyl or cyclic N) is 1. The Balaban J connectivity index is 2.02. The van der Waals surface area contributed by atoms with Gasteiger partial charge in [0.2, 0.25) is 0 Å². The van der Waals surface area contributed by atoms with Crippen molar-refractivity contribution in [2.75, 3.05) is 13.1 Å². The molecule has 0 radical (unpaired) electrons. The Bertz CT molecular complexity index is 628. The van der Waals surface area contributed by atoms with Gasteiger partial charge in [-0.3, -0.25) is 4.79 Å². The maximum Gasteiger partial charge on any atom is 0.290 e. The summed E-state index contributed by atoms with van der Waals surface area (Å²) in [6.07, 6.45) is -0.409. The Morgan fingerprint density at radius 1 is 1.50 bits per heavy atom. The van der Waals surface area contributed by atoms with Gasteiger partial charge in [-0.05, 0) is 25.1 Å². The van der Waals surface area contributed by atoms with Crippen LogP contribution < -0.4 is 0 Å². The van der Waals surface area contributed by atoms with Crippen LogP contribution in [0.25, 0.3) is 11.0 Å². The molecule has 3 rings (SSSR count). The van der Waals surface area contributed by atoms with Crippen LogP contribution in [0.3, 0.4) is 0 Å². The minimum absolute atomic E-state index is 0.176. The van der Waals surface area contributed by atoms with E-state index in [1.807, 2.05) is 6.92 Å². The zero-order chi connectivity index (χ0) is 12.9. The van der Waals surface area contributed by atoms with Gasteiger partial charge < -0.3 is 14.4 Å². The molecule has 0 saturated carbocycles. The third kappa shape index (κ3) is 1.69. The zero-order valence-corrected chi connectivity index (χ0v) is 10.6. The molecule has 1 N–H and O–H groups in total. The number of aryl methyl sites for hydroxylation is 1. The summed E-state index contributed by atoms with van der Waals surface area (Å²) < 4.78 is 5.58. The number of furan rings is 1. The number of hydrogen-bond donors (Lipinski definition) is 1. The summed E-state index contributed by atoms with van der Waals surface area (Å²) >= 11 is 5.93. The number of hydrogen-bond acceptors (Lipinski definition) is 3. The molecule has 1 fully saturated rings. The van der Waals surface area contributed by atoms with Gasteiger partial charge in [-0.2, -0.15) is 0 Å². The number of nitrogens with zero attached hydrogens (tertiary/aromatic N) is 1. The van der Waals surface area contributed by atoms with Crippen LogP contribution in [0.15, 0.2) is 22.6 Å². The molecule has 18 heavy (non-hydrogen) atoms. The molecule has 2 heterocycles. The van der Waals surface area contributed by atoms with Gasteiger partial charge in [-0.25, -0.2) is 0 Å². The fraction of sp³-hybridized carbons (Fsp3) is 0.308. The van der Waals surface area contributed by atoms with E-state index in [2.05, 4.69) is 0 Å². The highest BCUT2D eigenvalue weighted by atomic mass is 35.5. The van der Waals surface area contributed by atoms with Crippen LogP contribution in [-0.4, -0.2) is 35.1 Å². The lowest BCUT2D eigenvalue weighted by Crippen LogP contribution is -2.53. The van der Waals surface area contributed by atoms with Crippen LogP contribution in [0.4, 0.5) is 0 Å². The van der Waals surface area contributed by atoms with Crippen LogP contribution in [0.5, 0.6) is 0 Å². The first-order valence-electron chi connectivity index (χ1n) is 5.72. The second kappa shape index (κ2) is 4.00. The van der Waals surface area contributed by atoms with Crippen molar-refractivity contribution in [1.82, 2.24) is 4.90 Å². The standard InChI is InChI=1S/C13H12ClNO3/c1-7-10-4-8(14)2-3-11(10)18-12(7)13(17)15-5-9(16)6-15/h2-4,9,16H,5-6H2,1H3. The molecule has 1 saturated heterocycles. The molecular weight excluding hydrogens is 254 g/mol. The molecule has 0 unspecified atom stereocenters. The SMILES string of the molecule is Cc1c(C(=O)N2CC(O)C2)oc2ccc(Cl)cc12. The Morgan fingerprint density at radius 3 is 2.89 bits per heavy atom. The lowest BCUT2D eigenvalue weighted by Gasteiger charge is -2.35. The van der Waals surface area contributed by atoms with E-state index in [1.165, 1.54) is 0 Å². The summed E-state index contributed by atoms with van der Waals surface area (Å²) in [4.78, 5) is 13.7. The molecule has 0 spiro atoms. The predicted molar refractivity (Wildman–Crippen MR) is 67.9 cm³/mol. The number of benzene rings is 1. The Kier molecular flexibility index (Phi) is 2.57. The number of rotatable bonds is 1. The van der Waals surface area contributed by atoms with Crippen LogP contribution in [0.1, 0.15) is 16.1 Å². The second-order valence-corrected chi connectivity index (χ2v) is 5.00. The molecule has 0 aliphatic carbocycles. The molecular formula is C13H12ClNO3. The number of likely N-dealkylation sites (tertiary alicyclic amines) is 1. The summed E-state index contributed by atoms with van der Waals surface area (Å²) in [5.41, 5.74) is 1.44. The highest BCUT2D eigenvalue weighted by molar-refractivity contribution is 6.31. The summed E-state index contributed by atoms with van der Waals surface area (Å²) in [7, 11) is 0. The molecule has 4 nitrogen and oxygen atoms in total. The Labute approximate surface area is 109 Å². The van der Waals surface area contributed by atoms with E-state index in [0.717, 1.165) is 10.9 Å². The van der Waals surface area contributed by atoms with Crippen molar-refractivity contribution in [1.29, 1.82) is 0 Å². The maximum absolute atomic E-state index is 12.1. The van der Waals surface area contributed by atoms with E-state index in [9.17, 15) is 9.90 Å². The number of carbonyl (C=O) groups excluding carboxylic acids is 1. The van der Waals surface area contributed by atoms with Crippen molar-refractivity contribution in [3.8, 4) is 0 Å². The van der Waals surface area contributed by atoms with Crippen LogP contribution in [0.2, 0.25) is 5.02 Å². The Hall–Kier alpha value is -1.52. The zero-order valence-electron chi connectivity index (χ0n) is 9.81. The maximum atomic E-state index is 12.1. The molecule has 1 amide bonds. The smallest absolute Gasteiger partial charge is 0.290 e. The van der Waals surface area contributed by atoms with Crippen molar-refractivity contribution in [2.24, 2.45) is 0 Å². The normalized spacial score (nSPS) is 16.1. The average Bonchev–Trinajstić information content (AvgIpc) is 2.62. The lowest BCUT2D eigenvalue weighted by atomic mass is 10.1. The van der Waals surface area contributed by atoms with E-state index in [0.29, 0.717) is 29.5 Å². The van der Waals surface area contributed by atoms with Gasteiger partial charge in [0.1, 0.15) is 5.58 Å². The quantitative estimate of drug-likeness (QED) is 0.860. The highest BCUT2D eigenvalue weighted by Crippen LogP contribution is 2.29. The molecule has 1 aliphatic rings. The summed E-state index contributed by atoms with van der Waals surface area (Å²) in [5, 5.41) is 10.7. The minimum Gasteiger partial charge on any atom is -0.451 e. The number of carbonyl (C=O) groups is 1. The van der Waals surface area contributed by atoms with Crippen LogP contribution in [-0.2, 0) is 0 Å². The Morgan fingerprint density at radius 2 is 2.22 bits per heavy atom. The number of aliphatic hydroxyl groups is 1. The fourth-order valence-electron chi connectivity index (χ4n) is 2.16. The van der Waals surface area contributed by atoms with Crippen molar-refractivity contribution in [2.45, 2.75) is 13.0 Å². The number of amides is 1. The van der Waals surface area contributed by atoms with E-state index in [1.54, 1.807) is 23.1 Å². The number of aliphatic hydroxyl groups excluding tert-OH is 1. The average molecular weight is 266 g/mol. The molecule has 94 valence electrons. The first kappa shape index (κ1) is 11.6. The topological polar surface area (TPSA) is 53.7 Å². The molecule has 2 aromatic rings. The molecule has 5 heteroatoms. The van der Waals surface area contributed by atoms with Crippen molar-refractivity contribution < 1.29 is 14.3 Å². The summed E-state index contributed by atoms with van der Waals surface area (Å²) in [6.45, 7) is 2.58.